The van der Waals surface area contributed by atoms with Crippen LogP contribution < -0.4 is 15.4 Å². The van der Waals surface area contributed by atoms with Crippen molar-refractivity contribution in [3.8, 4) is 5.75 Å². The van der Waals surface area contributed by atoms with E-state index in [0.717, 1.165) is 25.7 Å². The van der Waals surface area contributed by atoms with Crippen LogP contribution in [-0.2, 0) is 9.59 Å². The Bertz CT molecular complexity index is 562. The summed E-state index contributed by atoms with van der Waals surface area (Å²) in [5.74, 6) is -0.659. The topological polar surface area (TPSA) is 67.4 Å². The fourth-order valence-corrected chi connectivity index (χ4v) is 3.49. The Balaban J connectivity index is 1.87. The molecule has 144 valence electrons. The van der Waals surface area contributed by atoms with Gasteiger partial charge in [0.1, 0.15) is 5.75 Å². The molecule has 0 unspecified atom stereocenters. The van der Waals surface area contributed by atoms with Crippen LogP contribution in [0.15, 0.2) is 24.3 Å². The summed E-state index contributed by atoms with van der Waals surface area (Å²) in [7, 11) is 1.54. The van der Waals surface area contributed by atoms with Crippen LogP contribution in [0.25, 0.3) is 0 Å². The zero-order valence-electron chi connectivity index (χ0n) is 15.9. The second-order valence-corrected chi connectivity index (χ2v) is 7.08. The summed E-state index contributed by atoms with van der Waals surface area (Å²) in [5.41, 5.74) is 0.508. The van der Waals surface area contributed by atoms with E-state index >= 15 is 0 Å². The maximum Gasteiger partial charge on any atom is 0.313 e. The molecule has 0 bridgehead atoms. The molecule has 1 aliphatic carbocycles. The largest absolute Gasteiger partial charge is 0.495 e. The summed E-state index contributed by atoms with van der Waals surface area (Å²) in [5, 5.41) is 5.58. The highest BCUT2D eigenvalue weighted by Gasteiger charge is 2.19. The SMILES string of the molecule is COc1ccccc1NC(=O)C(=O)NC1CCCCCCCCCCC1. The lowest BCUT2D eigenvalue weighted by Crippen LogP contribution is -2.42. The highest BCUT2D eigenvalue weighted by molar-refractivity contribution is 6.39. The van der Waals surface area contributed by atoms with Crippen molar-refractivity contribution < 1.29 is 14.3 Å². The number of para-hydroxylation sites is 2. The first-order chi connectivity index (χ1) is 12.7. The van der Waals surface area contributed by atoms with E-state index in [2.05, 4.69) is 10.6 Å². The zero-order valence-corrected chi connectivity index (χ0v) is 15.9. The number of anilines is 1. The van der Waals surface area contributed by atoms with Gasteiger partial charge in [0.2, 0.25) is 0 Å². The van der Waals surface area contributed by atoms with Gasteiger partial charge in [-0.15, -0.1) is 0 Å². The van der Waals surface area contributed by atoms with E-state index in [0.29, 0.717) is 11.4 Å². The minimum Gasteiger partial charge on any atom is -0.495 e. The first-order valence-corrected chi connectivity index (χ1v) is 9.95. The molecular formula is C21H32N2O3. The highest BCUT2D eigenvalue weighted by Crippen LogP contribution is 2.23. The molecule has 2 N–H and O–H groups in total. The number of rotatable bonds is 3. The smallest absolute Gasteiger partial charge is 0.313 e. The molecule has 0 aromatic heterocycles. The van der Waals surface area contributed by atoms with Gasteiger partial charge in [-0.3, -0.25) is 9.59 Å². The molecular weight excluding hydrogens is 328 g/mol. The number of carbonyl (C=O) groups excluding carboxylic acids is 2. The Hall–Kier alpha value is -2.04. The number of amides is 2. The van der Waals surface area contributed by atoms with Crippen LogP contribution in [0.5, 0.6) is 5.75 Å². The van der Waals surface area contributed by atoms with Gasteiger partial charge in [0, 0.05) is 6.04 Å². The van der Waals surface area contributed by atoms with E-state index in [1.54, 1.807) is 18.2 Å². The molecule has 0 heterocycles. The summed E-state index contributed by atoms with van der Waals surface area (Å²) in [4.78, 5) is 24.6. The fraction of sp³-hybridized carbons (Fsp3) is 0.619. The summed E-state index contributed by atoms with van der Waals surface area (Å²) >= 11 is 0. The molecule has 1 aromatic carbocycles. The third kappa shape index (κ3) is 7.06. The maximum absolute atomic E-state index is 12.3. The van der Waals surface area contributed by atoms with Gasteiger partial charge in [-0.2, -0.15) is 0 Å². The van der Waals surface area contributed by atoms with Crippen molar-refractivity contribution in [2.24, 2.45) is 0 Å². The second-order valence-electron chi connectivity index (χ2n) is 7.08. The Labute approximate surface area is 156 Å². The zero-order chi connectivity index (χ0) is 18.6. The van der Waals surface area contributed by atoms with Crippen LogP contribution >= 0.6 is 0 Å². The van der Waals surface area contributed by atoms with Crippen molar-refractivity contribution in [2.75, 3.05) is 12.4 Å². The average molecular weight is 360 g/mol. The predicted molar refractivity (Wildman–Crippen MR) is 104 cm³/mol. The third-order valence-corrected chi connectivity index (χ3v) is 5.00. The summed E-state index contributed by atoms with van der Waals surface area (Å²) < 4.78 is 5.21. The van der Waals surface area contributed by atoms with Crippen LogP contribution in [0.3, 0.4) is 0 Å². The molecule has 1 fully saturated rings. The minimum absolute atomic E-state index is 0.0883. The first kappa shape index (κ1) is 20.3. The van der Waals surface area contributed by atoms with Crippen LogP contribution in [0, 0.1) is 0 Å². The molecule has 5 heteroatoms. The van der Waals surface area contributed by atoms with E-state index in [9.17, 15) is 9.59 Å². The van der Waals surface area contributed by atoms with E-state index in [1.165, 1.54) is 52.1 Å². The minimum atomic E-state index is -0.638. The number of nitrogens with one attached hydrogen (secondary N) is 2. The number of carbonyl (C=O) groups is 2. The van der Waals surface area contributed by atoms with Gasteiger partial charge in [0.05, 0.1) is 12.8 Å². The normalized spacial score (nSPS) is 17.4. The quantitative estimate of drug-likeness (QED) is 0.784. The molecule has 2 amide bonds. The van der Waals surface area contributed by atoms with Gasteiger partial charge in [-0.1, -0.05) is 69.9 Å². The molecule has 0 spiro atoms. The molecule has 1 saturated carbocycles. The summed E-state index contributed by atoms with van der Waals surface area (Å²) in [6.45, 7) is 0. The van der Waals surface area contributed by atoms with Crippen molar-refractivity contribution in [2.45, 2.75) is 76.7 Å². The first-order valence-electron chi connectivity index (χ1n) is 9.95. The van der Waals surface area contributed by atoms with Crippen molar-refractivity contribution >= 4 is 17.5 Å². The summed E-state index contributed by atoms with van der Waals surface area (Å²) in [6.07, 6.45) is 13.1. The molecule has 0 saturated heterocycles. The summed E-state index contributed by atoms with van der Waals surface area (Å²) in [6, 6.07) is 7.17. The van der Waals surface area contributed by atoms with Crippen molar-refractivity contribution in [1.29, 1.82) is 0 Å². The lowest BCUT2D eigenvalue weighted by Gasteiger charge is -2.19. The van der Waals surface area contributed by atoms with Crippen LogP contribution in [0.1, 0.15) is 70.6 Å². The number of benzene rings is 1. The standard InChI is InChI=1S/C21H32N2O3/c1-26-19-16-12-11-15-18(19)23-21(25)20(24)22-17-13-9-7-5-3-2-4-6-8-10-14-17/h11-12,15-17H,2-10,13-14H2,1H3,(H,22,24)(H,23,25). The Morgan fingerprint density at radius 2 is 1.38 bits per heavy atom. The molecule has 2 rings (SSSR count). The molecule has 0 atom stereocenters. The van der Waals surface area contributed by atoms with E-state index in [-0.39, 0.29) is 6.04 Å². The number of ether oxygens (including phenoxy) is 1. The van der Waals surface area contributed by atoms with Gasteiger partial charge in [0.15, 0.2) is 0 Å². The average Bonchev–Trinajstić information content (AvgIpc) is 2.64. The third-order valence-electron chi connectivity index (χ3n) is 5.00. The molecule has 0 radical (unpaired) electrons. The van der Waals surface area contributed by atoms with Crippen molar-refractivity contribution in [1.82, 2.24) is 5.32 Å². The van der Waals surface area contributed by atoms with E-state index in [1.807, 2.05) is 6.07 Å². The Morgan fingerprint density at radius 1 is 0.846 bits per heavy atom. The van der Waals surface area contributed by atoms with Gasteiger partial charge < -0.3 is 15.4 Å². The number of methoxy groups -OCH3 is 1. The predicted octanol–water partition coefficient (Wildman–Crippen LogP) is 4.42. The Kier molecular flexibility index (Phi) is 9.01. The van der Waals surface area contributed by atoms with Gasteiger partial charge in [0.25, 0.3) is 0 Å². The van der Waals surface area contributed by atoms with Crippen molar-refractivity contribution in [3.05, 3.63) is 24.3 Å². The van der Waals surface area contributed by atoms with Gasteiger partial charge >= 0.3 is 11.8 Å². The molecule has 1 aromatic rings. The second kappa shape index (κ2) is 11.6. The van der Waals surface area contributed by atoms with Gasteiger partial charge in [-0.25, -0.2) is 0 Å². The molecule has 1 aliphatic rings. The lowest BCUT2D eigenvalue weighted by molar-refractivity contribution is -0.136. The number of hydrogen-bond donors (Lipinski definition) is 2. The van der Waals surface area contributed by atoms with E-state index in [4.69, 9.17) is 4.74 Å². The van der Waals surface area contributed by atoms with Crippen LogP contribution in [0.2, 0.25) is 0 Å². The van der Waals surface area contributed by atoms with E-state index < -0.39 is 11.8 Å². The molecule has 26 heavy (non-hydrogen) atoms. The van der Waals surface area contributed by atoms with Gasteiger partial charge in [-0.05, 0) is 25.0 Å². The lowest BCUT2D eigenvalue weighted by atomic mass is 9.98. The fourth-order valence-electron chi connectivity index (χ4n) is 3.49. The number of hydrogen-bond acceptors (Lipinski definition) is 3. The maximum atomic E-state index is 12.3. The Morgan fingerprint density at radius 3 is 1.96 bits per heavy atom. The molecule has 0 aliphatic heterocycles. The highest BCUT2D eigenvalue weighted by atomic mass is 16.5. The van der Waals surface area contributed by atoms with Crippen LogP contribution in [0.4, 0.5) is 5.69 Å². The molecule has 5 nitrogen and oxygen atoms in total. The van der Waals surface area contributed by atoms with Crippen LogP contribution in [-0.4, -0.2) is 25.0 Å². The monoisotopic (exact) mass is 360 g/mol. The van der Waals surface area contributed by atoms with Crippen molar-refractivity contribution in [3.63, 3.8) is 0 Å².